The molecule has 5 aliphatic rings. The van der Waals surface area contributed by atoms with Gasteiger partial charge in [0.05, 0.1) is 35.7 Å². The van der Waals surface area contributed by atoms with Crippen molar-refractivity contribution in [2.75, 3.05) is 6.61 Å². The molecule has 3 aliphatic carbocycles. The van der Waals surface area contributed by atoms with Gasteiger partial charge in [0.1, 0.15) is 17.8 Å². The van der Waals surface area contributed by atoms with Crippen LogP contribution in [0.5, 0.6) is 0 Å². The molecule has 0 radical (unpaired) electrons. The molecule has 2 aliphatic heterocycles. The zero-order chi connectivity index (χ0) is 28.3. The number of carbonyl (C=O) groups is 3. The number of carbonyl (C=O) groups excluding carboxylic acids is 3. The maximum Gasteiger partial charge on any atom is 0.343 e. The minimum absolute atomic E-state index is 0.0200. The highest BCUT2D eigenvalue weighted by molar-refractivity contribution is 5.91. The monoisotopic (exact) mass is 542 g/mol. The molecule has 3 N–H and O–H groups in total. The molecule has 2 heterocycles. The molecule has 2 bridgehead atoms. The summed E-state index contributed by atoms with van der Waals surface area (Å²) >= 11 is 0. The van der Waals surface area contributed by atoms with E-state index in [4.69, 9.17) is 18.9 Å². The number of ether oxygens (including phenoxy) is 4. The summed E-state index contributed by atoms with van der Waals surface area (Å²) in [6, 6.07) is 8.35. The summed E-state index contributed by atoms with van der Waals surface area (Å²) in [7, 11) is 0. The fourth-order valence-electron chi connectivity index (χ4n) is 8.58. The Morgan fingerprint density at radius 3 is 2.36 bits per heavy atom. The van der Waals surface area contributed by atoms with Gasteiger partial charge < -0.3 is 34.3 Å². The van der Waals surface area contributed by atoms with Gasteiger partial charge >= 0.3 is 17.9 Å². The van der Waals surface area contributed by atoms with E-state index in [0.29, 0.717) is 5.57 Å². The largest absolute Gasteiger partial charge is 0.457 e. The Morgan fingerprint density at radius 1 is 1.10 bits per heavy atom. The molecule has 39 heavy (non-hydrogen) atoms. The summed E-state index contributed by atoms with van der Waals surface area (Å²) in [5, 5.41) is 35.5. The van der Waals surface area contributed by atoms with E-state index in [2.05, 4.69) is 0 Å². The molecule has 0 amide bonds. The van der Waals surface area contributed by atoms with Gasteiger partial charge in [-0.05, 0) is 50.5 Å². The third-order valence-corrected chi connectivity index (χ3v) is 10.4. The Kier molecular flexibility index (Phi) is 5.36. The predicted molar refractivity (Wildman–Crippen MR) is 133 cm³/mol. The average molecular weight is 543 g/mol. The van der Waals surface area contributed by atoms with Crippen LogP contribution < -0.4 is 0 Å². The van der Waals surface area contributed by atoms with E-state index in [-0.39, 0.29) is 30.6 Å². The van der Waals surface area contributed by atoms with E-state index in [9.17, 15) is 29.7 Å². The summed E-state index contributed by atoms with van der Waals surface area (Å²) in [4.78, 5) is 40.1. The number of fused-ring (bicyclic) bond motifs is 4. The zero-order valence-electron chi connectivity index (χ0n) is 22.6. The SMILES string of the molecule is CC(=O)O[C@@]12CO[C@@H]1C[C@H](O)[C@]1(C)C2[C@H](OC(=O)c2ccccc2)[C@]23C[C@H](O)C(C)=C2[C@@]1(O)C(=O)OC3(C)C. The van der Waals surface area contributed by atoms with Gasteiger partial charge in [0.15, 0.2) is 11.2 Å². The van der Waals surface area contributed by atoms with Crippen molar-refractivity contribution in [2.24, 2.45) is 16.7 Å². The first-order valence-corrected chi connectivity index (χ1v) is 13.3. The summed E-state index contributed by atoms with van der Waals surface area (Å²) in [6.07, 6.45) is -4.44. The van der Waals surface area contributed by atoms with Crippen molar-refractivity contribution in [1.82, 2.24) is 0 Å². The molecule has 10 nitrogen and oxygen atoms in total. The predicted octanol–water partition coefficient (Wildman–Crippen LogP) is 1.45. The minimum atomic E-state index is -2.41. The molecular weight excluding hydrogens is 508 g/mol. The van der Waals surface area contributed by atoms with E-state index in [1.807, 2.05) is 0 Å². The molecule has 6 rings (SSSR count). The summed E-state index contributed by atoms with van der Waals surface area (Å²) in [5.41, 5.74) is -7.51. The van der Waals surface area contributed by atoms with Crippen LogP contribution in [0.25, 0.3) is 0 Å². The number of aliphatic hydroxyl groups is 3. The Bertz CT molecular complexity index is 1300. The lowest BCUT2D eigenvalue weighted by atomic mass is 9.37. The van der Waals surface area contributed by atoms with Crippen LogP contribution in [0.2, 0.25) is 0 Å². The zero-order valence-corrected chi connectivity index (χ0v) is 22.6. The van der Waals surface area contributed by atoms with Crippen LogP contribution in [0.15, 0.2) is 41.5 Å². The number of rotatable bonds is 3. The first-order chi connectivity index (χ1) is 18.2. The molecule has 2 saturated carbocycles. The molecular formula is C29H34O10. The lowest BCUT2D eigenvalue weighted by Crippen LogP contribution is -2.87. The van der Waals surface area contributed by atoms with Crippen LogP contribution in [-0.2, 0) is 28.5 Å². The maximum atomic E-state index is 13.9. The molecule has 210 valence electrons. The number of hydrogen-bond donors (Lipinski definition) is 3. The molecule has 1 aromatic carbocycles. The van der Waals surface area contributed by atoms with Crippen molar-refractivity contribution in [1.29, 1.82) is 0 Å². The summed E-state index contributed by atoms with van der Waals surface area (Å²) < 4.78 is 24.1. The quantitative estimate of drug-likeness (QED) is 0.291. The van der Waals surface area contributed by atoms with E-state index >= 15 is 0 Å². The van der Waals surface area contributed by atoms with E-state index in [1.54, 1.807) is 58.0 Å². The lowest BCUT2D eigenvalue weighted by molar-refractivity contribution is -0.380. The Balaban J connectivity index is 1.67. The average Bonchev–Trinajstić information content (AvgIpc) is 3.15. The Hall–Kier alpha value is -2.79. The van der Waals surface area contributed by atoms with Crippen molar-refractivity contribution < 1.29 is 48.7 Å². The molecule has 2 saturated heterocycles. The van der Waals surface area contributed by atoms with Gasteiger partial charge in [-0.3, -0.25) is 4.79 Å². The molecule has 1 unspecified atom stereocenters. The second kappa shape index (κ2) is 7.90. The van der Waals surface area contributed by atoms with Gasteiger partial charge in [0, 0.05) is 18.8 Å². The lowest BCUT2D eigenvalue weighted by Gasteiger charge is -2.73. The molecule has 10 heteroatoms. The van der Waals surface area contributed by atoms with Crippen molar-refractivity contribution >= 4 is 17.9 Å². The first-order valence-electron chi connectivity index (χ1n) is 13.3. The number of cyclic esters (lactones) is 1. The third-order valence-electron chi connectivity index (χ3n) is 10.4. The second-order valence-corrected chi connectivity index (χ2v) is 12.4. The highest BCUT2D eigenvalue weighted by Gasteiger charge is 2.87. The Morgan fingerprint density at radius 2 is 1.77 bits per heavy atom. The van der Waals surface area contributed by atoms with Gasteiger partial charge in [-0.15, -0.1) is 0 Å². The molecule has 0 aromatic heterocycles. The highest BCUT2D eigenvalue weighted by atomic mass is 16.6. The standard InChI is InChI=1S/C29H34O10/c1-14-17(31)12-27-20(14)29(35,24(34)39-25(27,3)4)26(5)18(32)11-19-28(13-36-19,38-15(2)30)21(26)22(27)37-23(33)16-9-7-6-8-10-16/h6-10,17-19,21-22,31-32,35H,11-13H2,1-5H3/t17-,18-,19+,21?,22-,26+,27-,28-,29+/m0/s1. The number of aliphatic hydroxyl groups excluding tert-OH is 2. The second-order valence-electron chi connectivity index (χ2n) is 12.4. The van der Waals surface area contributed by atoms with Gasteiger partial charge in [0.2, 0.25) is 0 Å². The van der Waals surface area contributed by atoms with Crippen LogP contribution >= 0.6 is 0 Å². The summed E-state index contributed by atoms with van der Waals surface area (Å²) in [6.45, 7) is 7.67. The fourth-order valence-corrected chi connectivity index (χ4v) is 8.58. The van der Waals surface area contributed by atoms with Crippen molar-refractivity contribution in [3.8, 4) is 0 Å². The smallest absolute Gasteiger partial charge is 0.343 e. The van der Waals surface area contributed by atoms with Crippen LogP contribution in [0.4, 0.5) is 0 Å². The third kappa shape index (κ3) is 2.88. The van der Waals surface area contributed by atoms with Gasteiger partial charge in [-0.1, -0.05) is 25.1 Å². The molecule has 1 aromatic rings. The van der Waals surface area contributed by atoms with Gasteiger partial charge in [-0.25, -0.2) is 9.59 Å². The van der Waals surface area contributed by atoms with Crippen LogP contribution in [-0.4, -0.2) is 81.1 Å². The normalized spacial score (nSPS) is 45.2. The minimum Gasteiger partial charge on any atom is -0.457 e. The maximum absolute atomic E-state index is 13.9. The van der Waals surface area contributed by atoms with Crippen LogP contribution in [0, 0.1) is 16.7 Å². The van der Waals surface area contributed by atoms with Crippen LogP contribution in [0.1, 0.15) is 57.8 Å². The number of esters is 3. The molecule has 9 atom stereocenters. The summed E-state index contributed by atoms with van der Waals surface area (Å²) in [5.74, 6) is -3.36. The highest BCUT2D eigenvalue weighted by Crippen LogP contribution is 2.75. The van der Waals surface area contributed by atoms with Crippen molar-refractivity contribution in [3.63, 3.8) is 0 Å². The topological polar surface area (TPSA) is 149 Å². The molecule has 4 fully saturated rings. The Labute approximate surface area is 225 Å². The van der Waals surface area contributed by atoms with Gasteiger partial charge in [0.25, 0.3) is 0 Å². The van der Waals surface area contributed by atoms with Crippen molar-refractivity contribution in [3.05, 3.63) is 47.0 Å². The first kappa shape index (κ1) is 26.4. The van der Waals surface area contributed by atoms with Gasteiger partial charge in [-0.2, -0.15) is 0 Å². The fraction of sp³-hybridized carbons (Fsp3) is 0.621. The molecule has 0 spiro atoms. The number of hydrogen-bond acceptors (Lipinski definition) is 10. The van der Waals surface area contributed by atoms with Crippen LogP contribution in [0.3, 0.4) is 0 Å². The number of benzene rings is 1. The van der Waals surface area contributed by atoms with E-state index in [1.165, 1.54) is 6.92 Å². The van der Waals surface area contributed by atoms with E-state index < -0.39 is 75.9 Å². The van der Waals surface area contributed by atoms with E-state index in [0.717, 1.165) is 0 Å². The van der Waals surface area contributed by atoms with Crippen molar-refractivity contribution in [2.45, 2.75) is 88.7 Å².